The molecule has 2 N–H and O–H groups in total. The maximum absolute atomic E-state index is 14.1. The number of phenols is 1. The maximum Gasteiger partial charge on any atom is 0.179 e. The minimum absolute atomic E-state index is 0.0787. The Balaban J connectivity index is 1.75. The van der Waals surface area contributed by atoms with Gasteiger partial charge in [-0.1, -0.05) is 11.6 Å². The number of sulfone groups is 1. The number of benzene rings is 1. The van der Waals surface area contributed by atoms with Gasteiger partial charge in [-0.15, -0.1) is 0 Å². The zero-order valence-corrected chi connectivity index (χ0v) is 20.9. The van der Waals surface area contributed by atoms with Gasteiger partial charge in [0.05, 0.1) is 21.9 Å². The number of rotatable bonds is 6. The first-order chi connectivity index (χ1) is 16.0. The van der Waals surface area contributed by atoms with Crippen molar-refractivity contribution in [2.45, 2.75) is 36.6 Å². The van der Waals surface area contributed by atoms with Crippen LogP contribution in [0.25, 0.3) is 22.3 Å². The van der Waals surface area contributed by atoms with Crippen LogP contribution in [0.4, 0.5) is 10.1 Å². The summed E-state index contributed by atoms with van der Waals surface area (Å²) in [6.07, 6.45) is 6.45. The number of hydrogen-bond acceptors (Lipinski definition) is 7. The van der Waals surface area contributed by atoms with Gasteiger partial charge in [-0.05, 0) is 70.0 Å². The van der Waals surface area contributed by atoms with Crippen LogP contribution in [0.5, 0.6) is 5.75 Å². The Bertz CT molecular complexity index is 1300. The van der Waals surface area contributed by atoms with Crippen LogP contribution in [0.1, 0.15) is 25.7 Å². The van der Waals surface area contributed by atoms with E-state index in [9.17, 15) is 17.9 Å². The second kappa shape index (κ2) is 9.64. The number of aromatic hydroxyl groups is 1. The van der Waals surface area contributed by atoms with Crippen molar-refractivity contribution in [3.63, 3.8) is 0 Å². The summed E-state index contributed by atoms with van der Waals surface area (Å²) in [7, 11) is 0.559. The molecule has 2 aromatic heterocycles. The lowest BCUT2D eigenvalue weighted by atomic mass is 9.85. The molecule has 1 aliphatic carbocycles. The van der Waals surface area contributed by atoms with Crippen molar-refractivity contribution in [1.82, 2.24) is 14.9 Å². The molecule has 2 heterocycles. The highest BCUT2D eigenvalue weighted by molar-refractivity contribution is 7.90. The number of fused-ring (bicyclic) bond motifs is 1. The SMILES string of the molecule is CN(C)C[C@H]1CC[C@H](Nc2c(S(C)(=O)=O)cnc3ccc(-c4cc(F)c(O)c(Cl)c4)nc23)CC1. The molecule has 1 fully saturated rings. The topological polar surface area (TPSA) is 95.4 Å². The zero-order valence-electron chi connectivity index (χ0n) is 19.3. The number of pyridine rings is 2. The fourth-order valence-corrected chi connectivity index (χ4v) is 5.53. The van der Waals surface area contributed by atoms with Crippen molar-refractivity contribution in [3.8, 4) is 17.0 Å². The van der Waals surface area contributed by atoms with Crippen LogP contribution in [-0.4, -0.2) is 61.3 Å². The summed E-state index contributed by atoms with van der Waals surface area (Å²) in [5.41, 5.74) is 2.07. The van der Waals surface area contributed by atoms with Gasteiger partial charge in [0.25, 0.3) is 0 Å². The Labute approximate surface area is 203 Å². The highest BCUT2D eigenvalue weighted by Crippen LogP contribution is 2.36. The van der Waals surface area contributed by atoms with Gasteiger partial charge in [-0.2, -0.15) is 0 Å². The fraction of sp³-hybridized carbons (Fsp3) is 0.417. The van der Waals surface area contributed by atoms with Crippen molar-refractivity contribution in [1.29, 1.82) is 0 Å². The van der Waals surface area contributed by atoms with Gasteiger partial charge in [-0.3, -0.25) is 4.98 Å². The third kappa shape index (κ3) is 5.26. The van der Waals surface area contributed by atoms with E-state index in [1.54, 1.807) is 12.1 Å². The number of aromatic nitrogens is 2. The summed E-state index contributed by atoms with van der Waals surface area (Å²) < 4.78 is 39.3. The molecule has 0 amide bonds. The second-order valence-corrected chi connectivity index (χ2v) is 11.6. The van der Waals surface area contributed by atoms with E-state index in [1.807, 2.05) is 0 Å². The van der Waals surface area contributed by atoms with E-state index in [-0.39, 0.29) is 16.0 Å². The Morgan fingerprint density at radius 2 is 1.91 bits per heavy atom. The average Bonchev–Trinajstić information content (AvgIpc) is 2.77. The van der Waals surface area contributed by atoms with Crippen LogP contribution in [-0.2, 0) is 9.84 Å². The lowest BCUT2D eigenvalue weighted by Gasteiger charge is -2.31. The summed E-state index contributed by atoms with van der Waals surface area (Å²) >= 11 is 5.95. The number of halogens is 2. The lowest BCUT2D eigenvalue weighted by Crippen LogP contribution is -2.31. The standard InChI is InChI=1S/C24H28ClFN4O3S/c1-30(2)13-14-4-6-16(7-5-14)28-23-21(34(3,32)33)12-27-20-9-8-19(29-22(20)23)15-10-17(25)24(31)18(26)11-15/h8-12,14,16,31H,4-7,13H2,1-3H3,(H,27,28)/t14-,16-. The van der Waals surface area contributed by atoms with Crippen molar-refractivity contribution < 1.29 is 17.9 Å². The maximum atomic E-state index is 14.1. The Hall–Kier alpha value is -2.49. The van der Waals surface area contributed by atoms with Crippen LogP contribution in [0, 0.1) is 11.7 Å². The van der Waals surface area contributed by atoms with E-state index in [4.69, 9.17) is 11.6 Å². The van der Waals surface area contributed by atoms with Gasteiger partial charge in [0.1, 0.15) is 10.4 Å². The first kappa shape index (κ1) is 24.6. The monoisotopic (exact) mass is 506 g/mol. The van der Waals surface area contributed by atoms with Crippen molar-refractivity contribution in [3.05, 3.63) is 41.3 Å². The molecule has 3 aromatic rings. The minimum atomic E-state index is -3.58. The number of nitrogens with one attached hydrogen (secondary N) is 1. The average molecular weight is 507 g/mol. The molecule has 0 spiro atoms. The van der Waals surface area contributed by atoms with E-state index in [1.165, 1.54) is 12.3 Å². The molecular weight excluding hydrogens is 479 g/mol. The van der Waals surface area contributed by atoms with Gasteiger partial charge < -0.3 is 15.3 Å². The molecule has 10 heteroatoms. The molecule has 1 aromatic carbocycles. The largest absolute Gasteiger partial charge is 0.504 e. The zero-order chi connectivity index (χ0) is 24.6. The molecule has 0 unspecified atom stereocenters. The molecule has 4 rings (SSSR count). The molecule has 34 heavy (non-hydrogen) atoms. The van der Waals surface area contributed by atoms with Gasteiger partial charge >= 0.3 is 0 Å². The normalized spacial score (nSPS) is 19.0. The predicted molar refractivity (Wildman–Crippen MR) is 133 cm³/mol. The van der Waals surface area contributed by atoms with Crippen LogP contribution in [0.2, 0.25) is 5.02 Å². The quantitative estimate of drug-likeness (QED) is 0.499. The Morgan fingerprint density at radius 1 is 1.21 bits per heavy atom. The van der Waals surface area contributed by atoms with Crippen LogP contribution >= 0.6 is 11.6 Å². The summed E-state index contributed by atoms with van der Waals surface area (Å²) in [4.78, 5) is 11.2. The fourth-order valence-electron chi connectivity index (χ4n) is 4.55. The third-order valence-corrected chi connectivity index (χ3v) is 7.61. The minimum Gasteiger partial charge on any atom is -0.504 e. The molecule has 182 valence electrons. The van der Waals surface area contributed by atoms with Gasteiger partial charge in [-0.25, -0.2) is 17.8 Å². The molecule has 0 radical (unpaired) electrons. The summed E-state index contributed by atoms with van der Waals surface area (Å²) in [6, 6.07) is 6.04. The van der Waals surface area contributed by atoms with Gasteiger partial charge in [0.2, 0.25) is 0 Å². The summed E-state index contributed by atoms with van der Waals surface area (Å²) in [6.45, 7) is 1.04. The summed E-state index contributed by atoms with van der Waals surface area (Å²) in [5, 5.41) is 13.0. The van der Waals surface area contributed by atoms with Crippen molar-refractivity contribution >= 4 is 38.2 Å². The van der Waals surface area contributed by atoms with E-state index >= 15 is 0 Å². The predicted octanol–water partition coefficient (Wildman–Crippen LogP) is 4.73. The molecule has 7 nitrogen and oxygen atoms in total. The number of phenolic OH excluding ortho intramolecular Hbond substituents is 1. The number of nitrogens with zero attached hydrogens (tertiary/aromatic N) is 3. The Morgan fingerprint density at radius 3 is 2.53 bits per heavy atom. The molecular formula is C24H28ClFN4O3S. The number of anilines is 1. The van der Waals surface area contributed by atoms with Crippen LogP contribution in [0.3, 0.4) is 0 Å². The molecule has 0 aliphatic heterocycles. The smallest absolute Gasteiger partial charge is 0.179 e. The van der Waals surface area contributed by atoms with E-state index in [0.717, 1.165) is 44.6 Å². The molecule has 1 aliphatic rings. The van der Waals surface area contributed by atoms with E-state index < -0.39 is 21.4 Å². The lowest BCUT2D eigenvalue weighted by molar-refractivity contribution is 0.255. The van der Waals surface area contributed by atoms with Gasteiger partial charge in [0, 0.05) is 30.6 Å². The first-order valence-electron chi connectivity index (χ1n) is 11.1. The Kier molecular flexibility index (Phi) is 6.98. The molecule has 0 saturated heterocycles. The molecule has 0 bridgehead atoms. The van der Waals surface area contributed by atoms with Crippen LogP contribution in [0.15, 0.2) is 35.4 Å². The molecule has 1 saturated carbocycles. The van der Waals surface area contributed by atoms with Crippen LogP contribution < -0.4 is 5.32 Å². The van der Waals surface area contributed by atoms with E-state index in [0.29, 0.717) is 33.9 Å². The third-order valence-electron chi connectivity index (χ3n) is 6.21. The second-order valence-electron chi connectivity index (χ2n) is 9.25. The highest BCUT2D eigenvalue weighted by Gasteiger charge is 2.25. The van der Waals surface area contributed by atoms with E-state index in [2.05, 4.69) is 34.3 Å². The highest BCUT2D eigenvalue weighted by atomic mass is 35.5. The van der Waals surface area contributed by atoms with Gasteiger partial charge in [0.15, 0.2) is 21.4 Å². The number of hydrogen-bond donors (Lipinski definition) is 2. The van der Waals surface area contributed by atoms with Crippen molar-refractivity contribution in [2.24, 2.45) is 5.92 Å². The molecule has 0 atom stereocenters. The first-order valence-corrected chi connectivity index (χ1v) is 13.4. The van der Waals surface area contributed by atoms with Crippen molar-refractivity contribution in [2.75, 3.05) is 32.2 Å². The summed E-state index contributed by atoms with van der Waals surface area (Å²) in [5.74, 6) is -0.866.